The van der Waals surface area contributed by atoms with Gasteiger partial charge < -0.3 is 10.2 Å². The fraction of sp³-hybridized carbons (Fsp3) is 0.688. The van der Waals surface area contributed by atoms with E-state index in [4.69, 9.17) is 0 Å². The Kier molecular flexibility index (Phi) is 4.14. The molecule has 2 heterocycles. The maximum absolute atomic E-state index is 4.67. The second-order valence-electron chi connectivity index (χ2n) is 6.84. The minimum Gasteiger partial charge on any atom is -0.354 e. The highest BCUT2D eigenvalue weighted by molar-refractivity contribution is 5.41. The second kappa shape index (κ2) is 5.49. The first-order valence-electron chi connectivity index (χ1n) is 7.32. The fourth-order valence-electron chi connectivity index (χ4n) is 2.48. The summed E-state index contributed by atoms with van der Waals surface area (Å²) in [6, 6.07) is 4.96. The molecular weight excluding hydrogens is 234 g/mol. The van der Waals surface area contributed by atoms with Gasteiger partial charge in [0.05, 0.1) is 0 Å². The molecule has 0 aromatic carbocycles. The lowest BCUT2D eigenvalue weighted by molar-refractivity contribution is 0.339. The molecule has 2 rings (SSSR count). The highest BCUT2D eigenvalue weighted by Crippen LogP contribution is 2.34. The highest BCUT2D eigenvalue weighted by atomic mass is 15.2. The summed E-state index contributed by atoms with van der Waals surface area (Å²) in [6.45, 7) is 14.5. The number of piperazine rings is 1. The lowest BCUT2D eigenvalue weighted by Crippen LogP contribution is -2.49. The van der Waals surface area contributed by atoms with Gasteiger partial charge in [0, 0.05) is 31.9 Å². The maximum Gasteiger partial charge on any atom is 0.128 e. The summed E-state index contributed by atoms with van der Waals surface area (Å²) >= 11 is 0. The zero-order valence-electron chi connectivity index (χ0n) is 12.9. The molecule has 1 aromatic rings. The minimum atomic E-state index is 0.284. The Hall–Kier alpha value is -1.09. The van der Waals surface area contributed by atoms with E-state index in [1.54, 1.807) is 0 Å². The number of hydrogen-bond donors (Lipinski definition) is 1. The largest absolute Gasteiger partial charge is 0.354 e. The van der Waals surface area contributed by atoms with E-state index < -0.39 is 0 Å². The van der Waals surface area contributed by atoms with E-state index in [0.29, 0.717) is 12.0 Å². The van der Waals surface area contributed by atoms with Crippen LogP contribution in [0.3, 0.4) is 0 Å². The van der Waals surface area contributed by atoms with E-state index in [9.17, 15) is 0 Å². The normalized spacial score (nSPS) is 22.4. The average molecular weight is 261 g/mol. The molecule has 2 atom stereocenters. The molecule has 3 heteroatoms. The van der Waals surface area contributed by atoms with Crippen LogP contribution in [0.2, 0.25) is 0 Å². The number of rotatable bonds is 2. The Morgan fingerprint density at radius 3 is 2.63 bits per heavy atom. The number of anilines is 1. The third kappa shape index (κ3) is 3.47. The standard InChI is InChI=1S/C16H27N3/c1-12-11-19(9-8-17-12)15-7-6-14(10-18-15)13(2)16(3,4)5/h6-7,10,12-13,17H,8-9,11H2,1-5H3/t12-,13-/m1/s1. The quantitative estimate of drug-likeness (QED) is 0.887. The molecule has 1 aliphatic heterocycles. The third-order valence-corrected chi connectivity index (χ3v) is 4.26. The molecule has 0 unspecified atom stereocenters. The van der Waals surface area contributed by atoms with Crippen molar-refractivity contribution in [3.8, 4) is 0 Å². The fourth-order valence-corrected chi connectivity index (χ4v) is 2.48. The summed E-state index contributed by atoms with van der Waals surface area (Å²) in [4.78, 5) is 7.04. The summed E-state index contributed by atoms with van der Waals surface area (Å²) < 4.78 is 0. The lowest BCUT2D eigenvalue weighted by atomic mass is 9.78. The Balaban J connectivity index is 2.10. The second-order valence-corrected chi connectivity index (χ2v) is 6.84. The predicted octanol–water partition coefficient (Wildman–Crippen LogP) is 3.03. The van der Waals surface area contributed by atoms with Crippen molar-refractivity contribution in [3.05, 3.63) is 23.9 Å². The predicted molar refractivity (Wildman–Crippen MR) is 81.8 cm³/mol. The van der Waals surface area contributed by atoms with Gasteiger partial charge in [-0.1, -0.05) is 33.8 Å². The van der Waals surface area contributed by atoms with Crippen LogP contribution in [-0.2, 0) is 0 Å². The Bertz CT molecular complexity index is 405. The summed E-state index contributed by atoms with van der Waals surface area (Å²) in [5, 5.41) is 3.46. The van der Waals surface area contributed by atoms with Gasteiger partial charge in [0.2, 0.25) is 0 Å². The van der Waals surface area contributed by atoms with Gasteiger partial charge in [-0.15, -0.1) is 0 Å². The monoisotopic (exact) mass is 261 g/mol. The molecule has 0 amide bonds. The van der Waals surface area contributed by atoms with Crippen molar-refractivity contribution in [3.63, 3.8) is 0 Å². The van der Waals surface area contributed by atoms with Gasteiger partial charge in [0.1, 0.15) is 5.82 Å². The molecule has 0 bridgehead atoms. The summed E-state index contributed by atoms with van der Waals surface area (Å²) in [5.74, 6) is 1.63. The first-order valence-corrected chi connectivity index (χ1v) is 7.32. The minimum absolute atomic E-state index is 0.284. The van der Waals surface area contributed by atoms with Crippen LogP contribution in [0.1, 0.15) is 46.1 Å². The molecule has 106 valence electrons. The van der Waals surface area contributed by atoms with Crippen LogP contribution >= 0.6 is 0 Å². The number of nitrogens with one attached hydrogen (secondary N) is 1. The van der Waals surface area contributed by atoms with Crippen molar-refractivity contribution >= 4 is 5.82 Å². The van der Waals surface area contributed by atoms with Crippen molar-refractivity contribution < 1.29 is 0 Å². The Morgan fingerprint density at radius 1 is 1.37 bits per heavy atom. The SMILES string of the molecule is C[C@@H]1CN(c2ccc([C@@H](C)C(C)(C)C)cn2)CCN1. The molecule has 19 heavy (non-hydrogen) atoms. The number of pyridine rings is 1. The third-order valence-electron chi connectivity index (χ3n) is 4.26. The van der Waals surface area contributed by atoms with Crippen LogP contribution in [0.15, 0.2) is 18.3 Å². The van der Waals surface area contributed by atoms with Gasteiger partial charge >= 0.3 is 0 Å². The van der Waals surface area contributed by atoms with Crippen molar-refractivity contribution in [2.24, 2.45) is 5.41 Å². The molecule has 1 fully saturated rings. The van der Waals surface area contributed by atoms with E-state index in [1.807, 2.05) is 0 Å². The summed E-state index contributed by atoms with van der Waals surface area (Å²) in [5.41, 5.74) is 1.62. The molecule has 1 aliphatic rings. The summed E-state index contributed by atoms with van der Waals surface area (Å²) in [7, 11) is 0. The first-order chi connectivity index (χ1) is 8.88. The van der Waals surface area contributed by atoms with Gasteiger partial charge in [-0.3, -0.25) is 0 Å². The highest BCUT2D eigenvalue weighted by Gasteiger charge is 2.22. The van der Waals surface area contributed by atoms with E-state index in [2.05, 4.69) is 68.1 Å². The smallest absolute Gasteiger partial charge is 0.128 e. The number of nitrogens with zero attached hydrogens (tertiary/aromatic N) is 2. The van der Waals surface area contributed by atoms with E-state index in [0.717, 1.165) is 25.5 Å². The molecule has 1 saturated heterocycles. The molecular formula is C16H27N3. The van der Waals surface area contributed by atoms with Crippen molar-refractivity contribution in [2.75, 3.05) is 24.5 Å². The van der Waals surface area contributed by atoms with Crippen molar-refractivity contribution in [1.82, 2.24) is 10.3 Å². The van der Waals surface area contributed by atoms with Gasteiger partial charge in [0.25, 0.3) is 0 Å². The van der Waals surface area contributed by atoms with Crippen LogP contribution in [0.5, 0.6) is 0 Å². The molecule has 0 saturated carbocycles. The maximum atomic E-state index is 4.67. The van der Waals surface area contributed by atoms with Crippen LogP contribution in [0, 0.1) is 5.41 Å². The van der Waals surface area contributed by atoms with Crippen molar-refractivity contribution in [2.45, 2.75) is 46.6 Å². The van der Waals surface area contributed by atoms with E-state index >= 15 is 0 Å². The topological polar surface area (TPSA) is 28.2 Å². The van der Waals surface area contributed by atoms with Gasteiger partial charge in [0.15, 0.2) is 0 Å². The molecule has 1 N–H and O–H groups in total. The van der Waals surface area contributed by atoms with Crippen LogP contribution in [-0.4, -0.2) is 30.7 Å². The number of hydrogen-bond acceptors (Lipinski definition) is 3. The van der Waals surface area contributed by atoms with Crippen LogP contribution in [0.4, 0.5) is 5.82 Å². The Labute approximate surface area is 117 Å². The van der Waals surface area contributed by atoms with Crippen LogP contribution < -0.4 is 10.2 Å². The van der Waals surface area contributed by atoms with E-state index in [1.165, 1.54) is 5.56 Å². The molecule has 0 spiro atoms. The van der Waals surface area contributed by atoms with Crippen LogP contribution in [0.25, 0.3) is 0 Å². The zero-order valence-corrected chi connectivity index (χ0v) is 12.9. The van der Waals surface area contributed by atoms with Gasteiger partial charge in [-0.2, -0.15) is 0 Å². The van der Waals surface area contributed by atoms with E-state index in [-0.39, 0.29) is 5.41 Å². The molecule has 3 nitrogen and oxygen atoms in total. The molecule has 0 aliphatic carbocycles. The molecule has 1 aromatic heterocycles. The Morgan fingerprint density at radius 2 is 2.11 bits per heavy atom. The average Bonchev–Trinajstić information content (AvgIpc) is 2.37. The number of aromatic nitrogens is 1. The zero-order chi connectivity index (χ0) is 14.0. The summed E-state index contributed by atoms with van der Waals surface area (Å²) in [6.07, 6.45) is 2.05. The van der Waals surface area contributed by atoms with Crippen molar-refractivity contribution in [1.29, 1.82) is 0 Å². The molecule has 0 radical (unpaired) electrons. The first kappa shape index (κ1) is 14.3. The van der Waals surface area contributed by atoms with Gasteiger partial charge in [-0.05, 0) is 29.9 Å². The lowest BCUT2D eigenvalue weighted by Gasteiger charge is -2.33. The van der Waals surface area contributed by atoms with Gasteiger partial charge in [-0.25, -0.2) is 4.98 Å².